The van der Waals surface area contributed by atoms with Crippen molar-refractivity contribution in [2.24, 2.45) is 0 Å². The Hall–Kier alpha value is -3.19. The number of ether oxygens (including phenoxy) is 1. The summed E-state index contributed by atoms with van der Waals surface area (Å²) >= 11 is 0. The first-order chi connectivity index (χ1) is 13.6. The second-order valence-corrected chi connectivity index (χ2v) is 6.49. The zero-order valence-corrected chi connectivity index (χ0v) is 15.8. The molecule has 146 valence electrons. The molecular formula is C21H23N3O4. The summed E-state index contributed by atoms with van der Waals surface area (Å²) < 4.78 is 6.32. The average Bonchev–Trinajstić information content (AvgIpc) is 2.73. The lowest BCUT2D eigenvalue weighted by Crippen LogP contribution is -2.36. The third-order valence-corrected chi connectivity index (χ3v) is 4.57. The Morgan fingerprint density at radius 2 is 1.71 bits per heavy atom. The Morgan fingerprint density at radius 1 is 1.04 bits per heavy atom. The first kappa shape index (κ1) is 19.6. The molecule has 0 aliphatic rings. The Balaban J connectivity index is 1.75. The number of benzene rings is 2. The van der Waals surface area contributed by atoms with Crippen molar-refractivity contribution in [1.29, 1.82) is 0 Å². The van der Waals surface area contributed by atoms with Crippen LogP contribution in [0.25, 0.3) is 10.8 Å². The highest BCUT2D eigenvalue weighted by molar-refractivity contribution is 5.80. The van der Waals surface area contributed by atoms with Gasteiger partial charge in [0.1, 0.15) is 0 Å². The van der Waals surface area contributed by atoms with E-state index in [-0.39, 0.29) is 30.0 Å². The van der Waals surface area contributed by atoms with Crippen LogP contribution >= 0.6 is 0 Å². The molecule has 1 N–H and O–H groups in total. The Morgan fingerprint density at radius 3 is 2.43 bits per heavy atom. The Labute approximate surface area is 162 Å². The monoisotopic (exact) mass is 381 g/mol. The Kier molecular flexibility index (Phi) is 6.39. The highest BCUT2D eigenvalue weighted by Crippen LogP contribution is 2.07. The van der Waals surface area contributed by atoms with Crippen molar-refractivity contribution in [3.8, 4) is 0 Å². The smallest absolute Gasteiger partial charge is 0.273 e. The predicted molar refractivity (Wildman–Crippen MR) is 107 cm³/mol. The second-order valence-electron chi connectivity index (χ2n) is 6.49. The molecule has 3 rings (SSSR count). The maximum Gasteiger partial charge on any atom is 0.273 e. The first-order valence-corrected chi connectivity index (χ1v) is 9.12. The predicted octanol–water partition coefficient (Wildman–Crippen LogP) is 1.76. The summed E-state index contributed by atoms with van der Waals surface area (Å²) in [5.41, 5.74) is 0.362. The van der Waals surface area contributed by atoms with E-state index in [0.717, 1.165) is 5.56 Å². The van der Waals surface area contributed by atoms with Gasteiger partial charge in [-0.2, -0.15) is 0 Å². The lowest BCUT2D eigenvalue weighted by Gasteiger charge is -2.23. The number of carbonyl (C=O) groups is 1. The van der Waals surface area contributed by atoms with Gasteiger partial charge >= 0.3 is 0 Å². The number of hydrogen-bond acceptors (Lipinski definition) is 4. The highest BCUT2D eigenvalue weighted by Gasteiger charge is 2.15. The number of nitrogens with zero attached hydrogens (tertiary/aromatic N) is 2. The molecule has 0 unspecified atom stereocenters. The van der Waals surface area contributed by atoms with Crippen LogP contribution in [0.15, 0.2) is 64.2 Å². The molecular weight excluding hydrogens is 358 g/mol. The molecule has 0 aliphatic carbocycles. The van der Waals surface area contributed by atoms with Crippen LogP contribution in [0.4, 0.5) is 0 Å². The molecule has 0 aliphatic heterocycles. The number of aromatic nitrogens is 2. The molecule has 1 heterocycles. The molecule has 7 heteroatoms. The molecule has 1 aromatic heterocycles. The van der Waals surface area contributed by atoms with Crippen molar-refractivity contribution in [1.82, 2.24) is 14.7 Å². The van der Waals surface area contributed by atoms with Gasteiger partial charge in [-0.1, -0.05) is 42.5 Å². The molecule has 0 spiro atoms. The van der Waals surface area contributed by atoms with E-state index in [1.54, 1.807) is 36.3 Å². The third kappa shape index (κ3) is 4.55. The van der Waals surface area contributed by atoms with Crippen LogP contribution in [0, 0.1) is 0 Å². The van der Waals surface area contributed by atoms with Gasteiger partial charge in [-0.05, 0) is 17.7 Å². The minimum absolute atomic E-state index is 0.102. The molecule has 0 atom stereocenters. The zero-order valence-electron chi connectivity index (χ0n) is 15.8. The van der Waals surface area contributed by atoms with Gasteiger partial charge in [0.05, 0.1) is 23.9 Å². The quantitative estimate of drug-likeness (QED) is 0.644. The fourth-order valence-corrected chi connectivity index (χ4v) is 3.07. The average molecular weight is 381 g/mol. The maximum absolute atomic E-state index is 12.7. The summed E-state index contributed by atoms with van der Waals surface area (Å²) in [4.78, 5) is 39.2. The number of methoxy groups -OCH3 is 1. The summed E-state index contributed by atoms with van der Waals surface area (Å²) in [5.74, 6) is -0.109. The van der Waals surface area contributed by atoms with Crippen LogP contribution in [0.2, 0.25) is 0 Å². The molecule has 0 radical (unpaired) electrons. The van der Waals surface area contributed by atoms with Crippen molar-refractivity contribution >= 4 is 16.7 Å². The minimum Gasteiger partial charge on any atom is -0.383 e. The van der Waals surface area contributed by atoms with Crippen molar-refractivity contribution < 1.29 is 9.53 Å². The number of fused-ring (bicyclic) bond motifs is 1. The van der Waals surface area contributed by atoms with E-state index in [2.05, 4.69) is 5.10 Å². The largest absolute Gasteiger partial charge is 0.383 e. The Bertz CT molecular complexity index is 1060. The number of aromatic amines is 1. The van der Waals surface area contributed by atoms with Gasteiger partial charge in [0.15, 0.2) is 0 Å². The van der Waals surface area contributed by atoms with Crippen molar-refractivity contribution in [3.05, 3.63) is 80.9 Å². The van der Waals surface area contributed by atoms with Crippen LogP contribution in [0.1, 0.15) is 12.0 Å². The fraction of sp³-hybridized carbons (Fsp3) is 0.286. The molecule has 0 saturated heterocycles. The standard InChI is InChI=1S/C21H23N3O4/c1-28-14-13-23(15-16-7-3-2-4-8-16)19(25)11-12-24-21(27)18-10-6-5-9-17(18)20(26)22-24/h2-10H,11-15H2,1H3,(H,22,26). The number of nitrogens with one attached hydrogen (secondary N) is 1. The van der Waals surface area contributed by atoms with E-state index < -0.39 is 0 Å². The maximum atomic E-state index is 12.7. The number of H-pyrrole nitrogens is 1. The lowest BCUT2D eigenvalue weighted by atomic mass is 10.2. The summed E-state index contributed by atoms with van der Waals surface area (Å²) in [5, 5.41) is 3.25. The van der Waals surface area contributed by atoms with Gasteiger partial charge in [-0.3, -0.25) is 19.5 Å². The summed E-state index contributed by atoms with van der Waals surface area (Å²) in [6.07, 6.45) is 0.102. The summed E-state index contributed by atoms with van der Waals surface area (Å²) in [7, 11) is 1.59. The van der Waals surface area contributed by atoms with Crippen LogP contribution in [-0.4, -0.2) is 40.8 Å². The SMILES string of the molecule is COCCN(Cc1ccccc1)C(=O)CCn1[nH]c(=O)c2ccccc2c1=O. The molecule has 1 amide bonds. The van der Waals surface area contributed by atoms with Gasteiger partial charge in [0.25, 0.3) is 11.1 Å². The normalized spacial score (nSPS) is 10.9. The topological polar surface area (TPSA) is 84.4 Å². The van der Waals surface area contributed by atoms with Crippen LogP contribution < -0.4 is 11.1 Å². The highest BCUT2D eigenvalue weighted by atomic mass is 16.5. The van der Waals surface area contributed by atoms with Gasteiger partial charge in [-0.25, -0.2) is 4.68 Å². The fourth-order valence-electron chi connectivity index (χ4n) is 3.07. The van der Waals surface area contributed by atoms with Gasteiger partial charge in [0, 0.05) is 26.6 Å². The van der Waals surface area contributed by atoms with Crippen molar-refractivity contribution in [2.75, 3.05) is 20.3 Å². The van der Waals surface area contributed by atoms with Crippen LogP contribution in [0.5, 0.6) is 0 Å². The van der Waals surface area contributed by atoms with E-state index in [9.17, 15) is 14.4 Å². The molecule has 3 aromatic rings. The molecule has 2 aromatic carbocycles. The number of amides is 1. The molecule has 0 fully saturated rings. The van der Waals surface area contributed by atoms with E-state index in [1.165, 1.54) is 4.68 Å². The minimum atomic E-state index is -0.344. The molecule has 28 heavy (non-hydrogen) atoms. The molecule has 7 nitrogen and oxygen atoms in total. The van der Waals surface area contributed by atoms with E-state index >= 15 is 0 Å². The summed E-state index contributed by atoms with van der Waals surface area (Å²) in [6.45, 7) is 1.45. The van der Waals surface area contributed by atoms with Gasteiger partial charge in [-0.15, -0.1) is 0 Å². The number of hydrogen-bond donors (Lipinski definition) is 1. The van der Waals surface area contributed by atoms with Crippen molar-refractivity contribution in [3.63, 3.8) is 0 Å². The zero-order chi connectivity index (χ0) is 19.9. The van der Waals surface area contributed by atoms with Gasteiger partial charge < -0.3 is 9.64 Å². The van der Waals surface area contributed by atoms with E-state index in [4.69, 9.17) is 4.74 Å². The second kappa shape index (κ2) is 9.14. The van der Waals surface area contributed by atoms with Crippen LogP contribution in [-0.2, 0) is 22.6 Å². The number of aryl methyl sites for hydroxylation is 1. The molecule has 0 bridgehead atoms. The molecule has 0 saturated carbocycles. The lowest BCUT2D eigenvalue weighted by molar-refractivity contribution is -0.132. The van der Waals surface area contributed by atoms with Crippen molar-refractivity contribution in [2.45, 2.75) is 19.5 Å². The first-order valence-electron chi connectivity index (χ1n) is 9.12. The number of carbonyl (C=O) groups excluding carboxylic acids is 1. The van der Waals surface area contributed by atoms with Crippen LogP contribution in [0.3, 0.4) is 0 Å². The van der Waals surface area contributed by atoms with Gasteiger partial charge in [0.2, 0.25) is 5.91 Å². The number of rotatable bonds is 8. The summed E-state index contributed by atoms with van der Waals surface area (Å²) in [6, 6.07) is 16.3. The van der Waals surface area contributed by atoms with E-state index in [1.807, 2.05) is 30.3 Å². The third-order valence-electron chi connectivity index (χ3n) is 4.57. The van der Waals surface area contributed by atoms with E-state index in [0.29, 0.717) is 30.5 Å².